The van der Waals surface area contributed by atoms with Gasteiger partial charge in [-0.3, -0.25) is 4.79 Å². The van der Waals surface area contributed by atoms with E-state index in [1.165, 1.54) is 32.1 Å². The molecule has 4 aliphatic rings. The van der Waals surface area contributed by atoms with E-state index in [1.54, 1.807) is 6.92 Å². The lowest BCUT2D eigenvalue weighted by atomic mass is 9.44. The second-order valence-electron chi connectivity index (χ2n) is 9.45. The highest BCUT2D eigenvalue weighted by atomic mass is 16.3. The van der Waals surface area contributed by atoms with Gasteiger partial charge in [0, 0.05) is 0 Å². The number of ketones is 1. The van der Waals surface area contributed by atoms with Crippen molar-refractivity contribution in [2.45, 2.75) is 78.2 Å². The molecule has 7 atom stereocenters. The van der Waals surface area contributed by atoms with Crippen LogP contribution in [-0.2, 0) is 4.79 Å². The number of aliphatic hydroxyl groups excluding tert-OH is 1. The summed E-state index contributed by atoms with van der Waals surface area (Å²) in [7, 11) is 0. The fraction of sp³-hybridized carbons (Fsp3) is 0.857. The van der Waals surface area contributed by atoms with E-state index < -0.39 is 0 Å². The van der Waals surface area contributed by atoms with Crippen molar-refractivity contribution in [2.75, 3.05) is 0 Å². The lowest BCUT2D eigenvalue weighted by Crippen LogP contribution is -2.53. The third kappa shape index (κ3) is 2.13. The Morgan fingerprint density at radius 2 is 1.91 bits per heavy atom. The molecule has 2 nitrogen and oxygen atoms in total. The number of carbonyl (C=O) groups excluding carboxylic acids is 1. The predicted molar refractivity (Wildman–Crippen MR) is 91.9 cm³/mol. The molecule has 0 amide bonds. The van der Waals surface area contributed by atoms with Gasteiger partial charge in [-0.05, 0) is 98.4 Å². The van der Waals surface area contributed by atoms with Crippen LogP contribution in [0.15, 0.2) is 11.6 Å². The number of rotatable bonds is 1. The zero-order valence-corrected chi connectivity index (χ0v) is 15.0. The first-order valence-electron chi connectivity index (χ1n) is 9.76. The third-order valence-electron chi connectivity index (χ3n) is 8.60. The average molecular weight is 316 g/mol. The predicted octanol–water partition coefficient (Wildman–Crippen LogP) is 4.52. The highest BCUT2D eigenvalue weighted by Gasteiger charge is 2.58. The van der Waals surface area contributed by atoms with Crippen LogP contribution in [0.2, 0.25) is 0 Å². The van der Waals surface area contributed by atoms with Gasteiger partial charge in [-0.25, -0.2) is 0 Å². The van der Waals surface area contributed by atoms with Crippen molar-refractivity contribution in [1.29, 1.82) is 0 Å². The van der Waals surface area contributed by atoms with E-state index in [1.807, 2.05) is 0 Å². The molecule has 1 N–H and O–H groups in total. The molecule has 4 aliphatic carbocycles. The Hall–Kier alpha value is -0.630. The van der Waals surface area contributed by atoms with Crippen LogP contribution in [0.3, 0.4) is 0 Å². The number of aliphatic hydroxyl groups is 1. The van der Waals surface area contributed by atoms with E-state index in [0.717, 1.165) is 42.6 Å². The van der Waals surface area contributed by atoms with Crippen molar-refractivity contribution < 1.29 is 9.90 Å². The Labute approximate surface area is 140 Å². The summed E-state index contributed by atoms with van der Waals surface area (Å²) in [5.74, 6) is 3.31. The summed E-state index contributed by atoms with van der Waals surface area (Å²) in [6, 6.07) is 0. The minimum Gasteiger partial charge on any atom is -0.393 e. The van der Waals surface area contributed by atoms with Crippen molar-refractivity contribution in [2.24, 2.45) is 34.5 Å². The van der Waals surface area contributed by atoms with Gasteiger partial charge in [0.2, 0.25) is 0 Å². The maximum absolute atomic E-state index is 12.1. The minimum absolute atomic E-state index is 0.0593. The summed E-state index contributed by atoms with van der Waals surface area (Å²) in [4.78, 5) is 12.1. The monoisotopic (exact) mass is 316 g/mol. The van der Waals surface area contributed by atoms with Crippen molar-refractivity contribution in [3.63, 3.8) is 0 Å². The number of hydrogen-bond donors (Lipinski definition) is 1. The quantitative estimate of drug-likeness (QED) is 0.772. The largest absolute Gasteiger partial charge is 0.393 e. The summed E-state index contributed by atoms with van der Waals surface area (Å²) < 4.78 is 0. The molecule has 0 bridgehead atoms. The molecule has 0 aromatic heterocycles. The van der Waals surface area contributed by atoms with Gasteiger partial charge in [0.15, 0.2) is 5.78 Å². The van der Waals surface area contributed by atoms with Gasteiger partial charge in [-0.15, -0.1) is 0 Å². The Balaban J connectivity index is 1.62. The van der Waals surface area contributed by atoms with Gasteiger partial charge in [-0.2, -0.15) is 0 Å². The van der Waals surface area contributed by atoms with Crippen LogP contribution in [0.4, 0.5) is 0 Å². The van der Waals surface area contributed by atoms with Crippen LogP contribution < -0.4 is 0 Å². The van der Waals surface area contributed by atoms with Crippen LogP contribution in [-0.4, -0.2) is 17.0 Å². The van der Waals surface area contributed by atoms with E-state index in [4.69, 9.17) is 0 Å². The molecule has 0 aromatic rings. The third-order valence-corrected chi connectivity index (χ3v) is 8.60. The van der Waals surface area contributed by atoms with Crippen molar-refractivity contribution >= 4 is 5.78 Å². The zero-order valence-electron chi connectivity index (χ0n) is 15.0. The molecule has 3 saturated carbocycles. The van der Waals surface area contributed by atoms with E-state index >= 15 is 0 Å². The summed E-state index contributed by atoms with van der Waals surface area (Å²) in [5.41, 5.74) is 1.71. The van der Waals surface area contributed by atoms with Crippen LogP contribution in [0.1, 0.15) is 72.1 Å². The zero-order chi connectivity index (χ0) is 16.4. The standard InChI is InChI=1S/C21H32O2/c1-13(22)17-6-7-18-16-5-4-14-12-15(23)8-10-20(14,2)19(16)9-11-21(17,18)3/h6,14-16,18-19,23H,4-5,7-12H2,1-3H3/t14-,15+,16+,18+,19+,20+,21-/m1/s1. The molecule has 0 radical (unpaired) electrons. The molecule has 0 aromatic carbocycles. The number of carbonyl (C=O) groups is 1. The Bertz CT molecular complexity index is 550. The first-order chi connectivity index (χ1) is 10.9. The highest BCUT2D eigenvalue weighted by molar-refractivity contribution is 5.95. The molecular weight excluding hydrogens is 284 g/mol. The lowest BCUT2D eigenvalue weighted by molar-refractivity contribution is -0.124. The Morgan fingerprint density at radius 3 is 2.65 bits per heavy atom. The topological polar surface area (TPSA) is 37.3 Å². The SMILES string of the molecule is CC(=O)C1=CC[C@H]2[C@@H]3CC[C@@H]4C[C@@H](O)CC[C@]4(C)[C@H]3CC[C@]12C. The molecule has 128 valence electrons. The number of Topliss-reactive ketones (excluding diaryl/α,β-unsaturated/α-hetero) is 1. The van der Waals surface area contributed by atoms with Crippen LogP contribution >= 0.6 is 0 Å². The molecule has 3 fully saturated rings. The molecule has 23 heavy (non-hydrogen) atoms. The van der Waals surface area contributed by atoms with Gasteiger partial charge in [0.25, 0.3) is 0 Å². The van der Waals surface area contributed by atoms with E-state index in [-0.39, 0.29) is 11.5 Å². The molecule has 2 heteroatoms. The second kappa shape index (κ2) is 5.18. The van der Waals surface area contributed by atoms with Gasteiger partial charge < -0.3 is 5.11 Å². The molecule has 0 spiro atoms. The summed E-state index contributed by atoms with van der Waals surface area (Å²) in [6.07, 6.45) is 11.6. The van der Waals surface area contributed by atoms with Crippen molar-refractivity contribution in [1.82, 2.24) is 0 Å². The van der Waals surface area contributed by atoms with Gasteiger partial charge in [0.05, 0.1) is 6.10 Å². The van der Waals surface area contributed by atoms with E-state index in [2.05, 4.69) is 19.9 Å². The van der Waals surface area contributed by atoms with Crippen LogP contribution in [0.25, 0.3) is 0 Å². The minimum atomic E-state index is -0.0593. The maximum atomic E-state index is 12.1. The highest BCUT2D eigenvalue weighted by Crippen LogP contribution is 2.66. The molecule has 0 saturated heterocycles. The van der Waals surface area contributed by atoms with Gasteiger partial charge in [0.1, 0.15) is 0 Å². The normalized spacial score (nSPS) is 52.2. The average Bonchev–Trinajstić information content (AvgIpc) is 2.85. The lowest BCUT2D eigenvalue weighted by Gasteiger charge is -2.60. The van der Waals surface area contributed by atoms with E-state index in [9.17, 15) is 9.90 Å². The molecule has 0 unspecified atom stereocenters. The smallest absolute Gasteiger partial charge is 0.156 e. The first-order valence-corrected chi connectivity index (χ1v) is 9.76. The fourth-order valence-corrected chi connectivity index (χ4v) is 7.35. The molecular formula is C21H32O2. The Morgan fingerprint density at radius 1 is 1.13 bits per heavy atom. The maximum Gasteiger partial charge on any atom is 0.156 e. The number of hydrogen-bond acceptors (Lipinski definition) is 2. The van der Waals surface area contributed by atoms with Gasteiger partial charge in [-0.1, -0.05) is 19.9 Å². The van der Waals surface area contributed by atoms with Crippen molar-refractivity contribution in [3.05, 3.63) is 11.6 Å². The van der Waals surface area contributed by atoms with Crippen molar-refractivity contribution in [3.8, 4) is 0 Å². The summed E-state index contributed by atoms with van der Waals surface area (Å²) in [6.45, 7) is 6.65. The summed E-state index contributed by atoms with van der Waals surface area (Å²) in [5, 5.41) is 10.1. The second-order valence-corrected chi connectivity index (χ2v) is 9.45. The molecule has 0 heterocycles. The van der Waals surface area contributed by atoms with Crippen LogP contribution in [0.5, 0.6) is 0 Å². The summed E-state index contributed by atoms with van der Waals surface area (Å²) >= 11 is 0. The first kappa shape index (κ1) is 15.9. The fourth-order valence-electron chi connectivity index (χ4n) is 7.35. The number of fused-ring (bicyclic) bond motifs is 5. The van der Waals surface area contributed by atoms with Crippen LogP contribution in [0, 0.1) is 34.5 Å². The molecule has 4 rings (SSSR count). The Kier molecular flexibility index (Phi) is 3.58. The number of allylic oxidation sites excluding steroid dienone is 2. The molecule has 0 aliphatic heterocycles. The van der Waals surface area contributed by atoms with E-state index in [0.29, 0.717) is 17.1 Å². The van der Waals surface area contributed by atoms with Gasteiger partial charge >= 0.3 is 0 Å².